The lowest BCUT2D eigenvalue weighted by atomic mass is 10.2. The van der Waals surface area contributed by atoms with Crippen molar-refractivity contribution in [1.82, 2.24) is 15.6 Å². The van der Waals surface area contributed by atoms with Crippen LogP contribution >= 0.6 is 0 Å². The normalized spacial score (nSPS) is 12.2. The fraction of sp³-hybridized carbons (Fsp3) is 0.182. The molecule has 0 unspecified atom stereocenters. The SMILES string of the molecule is O=C(NCc1ccc2c(c1)OCCO2)NCc1cccnc1Oc1cccc(F)c1. The van der Waals surface area contributed by atoms with Gasteiger partial charge < -0.3 is 24.8 Å². The highest BCUT2D eigenvalue weighted by Crippen LogP contribution is 2.30. The van der Waals surface area contributed by atoms with E-state index in [1.54, 1.807) is 30.5 Å². The molecule has 7 nitrogen and oxygen atoms in total. The van der Waals surface area contributed by atoms with E-state index in [-0.39, 0.29) is 12.6 Å². The van der Waals surface area contributed by atoms with Crippen molar-refractivity contribution in [1.29, 1.82) is 0 Å². The van der Waals surface area contributed by atoms with Crippen LogP contribution in [0.25, 0.3) is 0 Å². The van der Waals surface area contributed by atoms with Crippen molar-refractivity contribution in [2.75, 3.05) is 13.2 Å². The van der Waals surface area contributed by atoms with Crippen LogP contribution in [0.15, 0.2) is 60.8 Å². The van der Waals surface area contributed by atoms with Gasteiger partial charge in [-0.1, -0.05) is 18.2 Å². The number of hydrogen-bond acceptors (Lipinski definition) is 5. The Morgan fingerprint density at radius 3 is 2.70 bits per heavy atom. The summed E-state index contributed by atoms with van der Waals surface area (Å²) in [5.74, 6) is 1.61. The lowest BCUT2D eigenvalue weighted by molar-refractivity contribution is 0.171. The number of ether oxygens (including phenoxy) is 3. The predicted molar refractivity (Wildman–Crippen MR) is 107 cm³/mol. The van der Waals surface area contributed by atoms with Gasteiger partial charge >= 0.3 is 6.03 Å². The fourth-order valence-electron chi connectivity index (χ4n) is 2.91. The van der Waals surface area contributed by atoms with Gasteiger partial charge in [0.05, 0.1) is 0 Å². The molecule has 0 radical (unpaired) electrons. The summed E-state index contributed by atoms with van der Waals surface area (Å²) in [6.07, 6.45) is 1.57. The molecule has 1 aromatic heterocycles. The zero-order valence-electron chi connectivity index (χ0n) is 16.1. The van der Waals surface area contributed by atoms with E-state index in [1.807, 2.05) is 18.2 Å². The van der Waals surface area contributed by atoms with E-state index in [0.717, 1.165) is 5.56 Å². The highest BCUT2D eigenvalue weighted by Gasteiger charge is 2.12. The Morgan fingerprint density at radius 1 is 1.00 bits per heavy atom. The molecule has 2 aromatic carbocycles. The summed E-state index contributed by atoms with van der Waals surface area (Å²) >= 11 is 0. The van der Waals surface area contributed by atoms with Crippen LogP contribution in [-0.2, 0) is 13.1 Å². The largest absolute Gasteiger partial charge is 0.486 e. The lowest BCUT2D eigenvalue weighted by Crippen LogP contribution is -2.34. The smallest absolute Gasteiger partial charge is 0.315 e. The van der Waals surface area contributed by atoms with Gasteiger partial charge in [-0.25, -0.2) is 14.2 Å². The number of halogens is 1. The van der Waals surface area contributed by atoms with Crippen molar-refractivity contribution in [2.24, 2.45) is 0 Å². The molecule has 1 aliphatic rings. The number of nitrogens with one attached hydrogen (secondary N) is 2. The second-order valence-electron chi connectivity index (χ2n) is 6.54. The molecule has 2 N–H and O–H groups in total. The van der Waals surface area contributed by atoms with Crippen LogP contribution < -0.4 is 24.8 Å². The molecule has 0 spiro atoms. The van der Waals surface area contributed by atoms with Gasteiger partial charge in [-0.3, -0.25) is 0 Å². The quantitative estimate of drug-likeness (QED) is 0.648. The van der Waals surface area contributed by atoms with E-state index >= 15 is 0 Å². The Hall–Kier alpha value is -3.81. The van der Waals surface area contributed by atoms with E-state index in [1.165, 1.54) is 12.1 Å². The molecule has 1 aliphatic heterocycles. The first-order chi connectivity index (χ1) is 14.7. The number of rotatable bonds is 6. The number of amides is 2. The van der Waals surface area contributed by atoms with Crippen molar-refractivity contribution in [3.05, 3.63) is 77.7 Å². The molecule has 3 aromatic rings. The second-order valence-corrected chi connectivity index (χ2v) is 6.54. The number of urea groups is 1. The number of fused-ring (bicyclic) bond motifs is 1. The highest BCUT2D eigenvalue weighted by molar-refractivity contribution is 5.74. The topological polar surface area (TPSA) is 81.7 Å². The van der Waals surface area contributed by atoms with Crippen LogP contribution in [0.3, 0.4) is 0 Å². The molecule has 154 valence electrons. The molecule has 2 amide bonds. The van der Waals surface area contributed by atoms with E-state index in [2.05, 4.69) is 15.6 Å². The van der Waals surface area contributed by atoms with Crippen LogP contribution in [0.2, 0.25) is 0 Å². The number of pyridine rings is 1. The third-order valence-corrected chi connectivity index (χ3v) is 4.36. The van der Waals surface area contributed by atoms with Gasteiger partial charge in [-0.2, -0.15) is 0 Å². The van der Waals surface area contributed by atoms with E-state index in [4.69, 9.17) is 14.2 Å². The molecule has 2 heterocycles. The number of benzene rings is 2. The fourth-order valence-corrected chi connectivity index (χ4v) is 2.91. The van der Waals surface area contributed by atoms with E-state index < -0.39 is 5.82 Å². The first kappa shape index (κ1) is 19.5. The number of hydrogen-bond donors (Lipinski definition) is 2. The Morgan fingerprint density at radius 2 is 1.83 bits per heavy atom. The van der Waals surface area contributed by atoms with Crippen molar-refractivity contribution < 1.29 is 23.4 Å². The van der Waals surface area contributed by atoms with Gasteiger partial charge in [0, 0.05) is 30.9 Å². The molecule has 0 bridgehead atoms. The maximum Gasteiger partial charge on any atom is 0.315 e. The Kier molecular flexibility index (Phi) is 5.93. The monoisotopic (exact) mass is 409 g/mol. The molecule has 0 fully saturated rings. The Balaban J connectivity index is 1.32. The van der Waals surface area contributed by atoms with Gasteiger partial charge in [0.15, 0.2) is 11.5 Å². The summed E-state index contributed by atoms with van der Waals surface area (Å²) in [6.45, 7) is 1.58. The maximum absolute atomic E-state index is 13.4. The number of aromatic nitrogens is 1. The third kappa shape index (κ3) is 4.96. The molecule has 0 atom stereocenters. The van der Waals surface area contributed by atoms with Crippen LogP contribution in [0.1, 0.15) is 11.1 Å². The molecule has 4 rings (SSSR count). The van der Waals surface area contributed by atoms with Crippen LogP contribution in [0.4, 0.5) is 9.18 Å². The molecular weight excluding hydrogens is 389 g/mol. The minimum Gasteiger partial charge on any atom is -0.486 e. The zero-order chi connectivity index (χ0) is 20.8. The van der Waals surface area contributed by atoms with E-state index in [9.17, 15) is 9.18 Å². The van der Waals surface area contributed by atoms with Gasteiger partial charge in [0.25, 0.3) is 0 Å². The number of carbonyl (C=O) groups excluding carboxylic acids is 1. The van der Waals surface area contributed by atoms with Gasteiger partial charge in [-0.05, 0) is 35.9 Å². The van der Waals surface area contributed by atoms with Crippen LogP contribution in [-0.4, -0.2) is 24.2 Å². The minimum absolute atomic E-state index is 0.200. The third-order valence-electron chi connectivity index (χ3n) is 4.36. The lowest BCUT2D eigenvalue weighted by Gasteiger charge is -2.19. The van der Waals surface area contributed by atoms with Crippen molar-refractivity contribution in [3.8, 4) is 23.1 Å². The van der Waals surface area contributed by atoms with E-state index in [0.29, 0.717) is 48.5 Å². The second kappa shape index (κ2) is 9.13. The average Bonchev–Trinajstić information content (AvgIpc) is 2.77. The Bertz CT molecular complexity index is 1040. The number of carbonyl (C=O) groups is 1. The molecular formula is C22H20FN3O4. The summed E-state index contributed by atoms with van der Waals surface area (Å²) in [4.78, 5) is 16.4. The summed E-state index contributed by atoms with van der Waals surface area (Å²) in [5.41, 5.74) is 1.56. The Labute approximate surface area is 172 Å². The van der Waals surface area contributed by atoms with Crippen LogP contribution in [0, 0.1) is 5.82 Å². The standard InChI is InChI=1S/C22H20FN3O4/c23-17-4-1-5-18(12-17)30-21-16(3-2-8-24-21)14-26-22(27)25-13-15-6-7-19-20(11-15)29-10-9-28-19/h1-8,11-12H,9-10,13-14H2,(H2,25,26,27). The molecule has 0 saturated carbocycles. The summed E-state index contributed by atoms with van der Waals surface area (Å²) in [7, 11) is 0. The molecule has 0 saturated heterocycles. The first-order valence-electron chi connectivity index (χ1n) is 9.45. The van der Waals surface area contributed by atoms with Gasteiger partial charge in [-0.15, -0.1) is 0 Å². The van der Waals surface area contributed by atoms with Crippen LogP contribution in [0.5, 0.6) is 23.1 Å². The average molecular weight is 409 g/mol. The number of nitrogens with zero attached hydrogens (tertiary/aromatic N) is 1. The zero-order valence-corrected chi connectivity index (χ0v) is 16.1. The van der Waals surface area contributed by atoms with Crippen molar-refractivity contribution >= 4 is 6.03 Å². The van der Waals surface area contributed by atoms with Gasteiger partial charge in [0.1, 0.15) is 24.8 Å². The summed E-state index contributed by atoms with van der Waals surface area (Å²) in [5, 5.41) is 5.56. The summed E-state index contributed by atoms with van der Waals surface area (Å²) in [6, 6.07) is 14.5. The summed E-state index contributed by atoms with van der Waals surface area (Å²) < 4.78 is 30.1. The van der Waals surface area contributed by atoms with Crippen molar-refractivity contribution in [2.45, 2.75) is 13.1 Å². The molecule has 30 heavy (non-hydrogen) atoms. The first-order valence-corrected chi connectivity index (χ1v) is 9.45. The highest BCUT2D eigenvalue weighted by atomic mass is 19.1. The molecule has 0 aliphatic carbocycles. The van der Waals surface area contributed by atoms with Crippen molar-refractivity contribution in [3.63, 3.8) is 0 Å². The molecule has 8 heteroatoms. The minimum atomic E-state index is -0.401. The predicted octanol–water partition coefficient (Wildman–Crippen LogP) is 3.78. The maximum atomic E-state index is 13.4. The van der Waals surface area contributed by atoms with Gasteiger partial charge in [0.2, 0.25) is 5.88 Å².